The van der Waals surface area contributed by atoms with Crippen LogP contribution in [0.3, 0.4) is 0 Å². The number of methoxy groups -OCH3 is 1. The lowest BCUT2D eigenvalue weighted by Gasteiger charge is -2.49. The predicted octanol–water partition coefficient (Wildman–Crippen LogP) is 1.87. The highest BCUT2D eigenvalue weighted by Crippen LogP contribution is 2.54. The molecule has 120 valence electrons. The molecule has 0 saturated heterocycles. The Kier molecular flexibility index (Phi) is 2.72. The molecule has 1 N–H and O–H groups in total. The molecule has 5 nitrogen and oxygen atoms in total. The summed E-state index contributed by atoms with van der Waals surface area (Å²) in [7, 11) is 1.75. The molecule has 0 saturated carbocycles. The Labute approximate surface area is 134 Å². The van der Waals surface area contributed by atoms with Crippen molar-refractivity contribution in [1.82, 2.24) is 4.90 Å². The quantitative estimate of drug-likeness (QED) is 0.858. The lowest BCUT2D eigenvalue weighted by molar-refractivity contribution is 0.0109. The number of hydrogen-bond donors (Lipinski definition) is 1. The Morgan fingerprint density at radius 2 is 2.13 bits per heavy atom. The number of aliphatic hydroxyl groups excluding tert-OH is 1. The Bertz CT molecular complexity index is 741. The Balaban J connectivity index is 1.74. The Morgan fingerprint density at radius 3 is 2.96 bits per heavy atom. The third-order valence-corrected chi connectivity index (χ3v) is 5.58. The summed E-state index contributed by atoms with van der Waals surface area (Å²) < 4.78 is 16.7. The van der Waals surface area contributed by atoms with E-state index < -0.39 is 6.10 Å². The van der Waals surface area contributed by atoms with Crippen molar-refractivity contribution >= 4 is 0 Å². The molecule has 5 rings (SSSR count). The second kappa shape index (κ2) is 4.60. The van der Waals surface area contributed by atoms with Crippen LogP contribution in [0.25, 0.3) is 0 Å². The van der Waals surface area contributed by atoms with Crippen LogP contribution in [0.15, 0.2) is 35.9 Å². The Hall–Kier alpha value is -1.82. The van der Waals surface area contributed by atoms with E-state index in [1.807, 2.05) is 6.07 Å². The second-order valence-corrected chi connectivity index (χ2v) is 6.57. The van der Waals surface area contributed by atoms with Gasteiger partial charge in [0.05, 0.1) is 17.7 Å². The van der Waals surface area contributed by atoms with Gasteiger partial charge in [0.25, 0.3) is 0 Å². The molecule has 1 aromatic rings. The minimum atomic E-state index is -0.509. The van der Waals surface area contributed by atoms with Gasteiger partial charge in [0.1, 0.15) is 0 Å². The number of hydrogen-bond acceptors (Lipinski definition) is 5. The van der Waals surface area contributed by atoms with Crippen LogP contribution in [0.5, 0.6) is 11.5 Å². The molecule has 1 aromatic carbocycles. The van der Waals surface area contributed by atoms with Crippen LogP contribution < -0.4 is 9.47 Å². The lowest BCUT2D eigenvalue weighted by atomic mass is 9.71. The maximum absolute atomic E-state index is 10.6. The molecule has 0 radical (unpaired) electrons. The zero-order valence-electron chi connectivity index (χ0n) is 13.0. The average molecular weight is 313 g/mol. The Morgan fingerprint density at radius 1 is 1.30 bits per heavy atom. The molecule has 1 spiro atoms. The second-order valence-electron chi connectivity index (χ2n) is 6.57. The van der Waals surface area contributed by atoms with Crippen LogP contribution in [0, 0.1) is 0 Å². The number of ether oxygens (including phenoxy) is 3. The maximum atomic E-state index is 10.6. The molecule has 0 amide bonds. The number of aliphatic hydroxyl groups is 1. The van der Waals surface area contributed by atoms with Gasteiger partial charge in [0.15, 0.2) is 11.5 Å². The van der Waals surface area contributed by atoms with Crippen molar-refractivity contribution in [3.63, 3.8) is 0 Å². The largest absolute Gasteiger partial charge is 0.454 e. The summed E-state index contributed by atoms with van der Waals surface area (Å²) in [4.78, 5) is 2.35. The van der Waals surface area contributed by atoms with Gasteiger partial charge in [-0.05, 0) is 28.8 Å². The molecular weight excluding hydrogens is 294 g/mol. The van der Waals surface area contributed by atoms with Gasteiger partial charge >= 0.3 is 0 Å². The third-order valence-electron chi connectivity index (χ3n) is 5.58. The first-order valence-corrected chi connectivity index (χ1v) is 8.01. The first-order chi connectivity index (χ1) is 11.2. The zero-order chi connectivity index (χ0) is 15.6. The molecular formula is C18H19NO4. The van der Waals surface area contributed by atoms with E-state index in [2.05, 4.69) is 29.2 Å². The van der Waals surface area contributed by atoms with E-state index in [0.717, 1.165) is 35.6 Å². The number of benzene rings is 1. The van der Waals surface area contributed by atoms with Gasteiger partial charge in [-0.15, -0.1) is 0 Å². The molecule has 0 bridgehead atoms. The van der Waals surface area contributed by atoms with E-state index in [1.54, 1.807) is 7.11 Å². The van der Waals surface area contributed by atoms with Crippen molar-refractivity contribution in [1.29, 1.82) is 0 Å². The number of fused-ring (bicyclic) bond motifs is 2. The van der Waals surface area contributed by atoms with Crippen molar-refractivity contribution in [3.05, 3.63) is 47.1 Å². The summed E-state index contributed by atoms with van der Waals surface area (Å²) in [5.74, 6) is 1.49. The fraction of sp³-hybridized carbons (Fsp3) is 0.444. The summed E-state index contributed by atoms with van der Waals surface area (Å²) in [6.07, 6.45) is 6.97. The molecule has 0 fully saturated rings. The highest BCUT2D eigenvalue weighted by atomic mass is 16.7. The highest BCUT2D eigenvalue weighted by molar-refractivity contribution is 5.58. The van der Waals surface area contributed by atoms with Gasteiger partial charge in [-0.1, -0.05) is 18.2 Å². The summed E-state index contributed by atoms with van der Waals surface area (Å²) in [6.45, 7) is 1.71. The number of nitrogens with zero attached hydrogens (tertiary/aromatic N) is 1. The fourth-order valence-electron chi connectivity index (χ4n) is 4.47. The van der Waals surface area contributed by atoms with Crippen molar-refractivity contribution < 1.29 is 19.3 Å². The summed E-state index contributed by atoms with van der Waals surface area (Å²) in [6, 6.07) is 4.00. The van der Waals surface area contributed by atoms with E-state index in [1.165, 1.54) is 5.57 Å². The minimum absolute atomic E-state index is 0.0706. The van der Waals surface area contributed by atoms with Crippen LogP contribution >= 0.6 is 0 Å². The number of rotatable bonds is 1. The SMILES string of the molecule is CO[C@H]1C=CC2=CCN3C[C@@H](O)c4cc5c(cc4[C@]23C1)OCO5. The van der Waals surface area contributed by atoms with Gasteiger partial charge < -0.3 is 19.3 Å². The predicted molar refractivity (Wildman–Crippen MR) is 83.4 cm³/mol. The molecule has 3 atom stereocenters. The first kappa shape index (κ1) is 13.6. The van der Waals surface area contributed by atoms with Gasteiger partial charge in [-0.2, -0.15) is 0 Å². The van der Waals surface area contributed by atoms with Gasteiger partial charge in [0.2, 0.25) is 6.79 Å². The van der Waals surface area contributed by atoms with Crippen LogP contribution in [0.1, 0.15) is 23.7 Å². The van der Waals surface area contributed by atoms with Crippen LogP contribution in [-0.4, -0.2) is 43.1 Å². The molecule has 3 heterocycles. The van der Waals surface area contributed by atoms with Crippen molar-refractivity contribution in [3.8, 4) is 11.5 Å². The fourth-order valence-corrected chi connectivity index (χ4v) is 4.47. The average Bonchev–Trinajstić information content (AvgIpc) is 3.17. The van der Waals surface area contributed by atoms with Gasteiger partial charge in [0, 0.05) is 26.6 Å². The summed E-state index contributed by atoms with van der Waals surface area (Å²) in [5, 5.41) is 10.6. The van der Waals surface area contributed by atoms with E-state index in [4.69, 9.17) is 14.2 Å². The van der Waals surface area contributed by atoms with Crippen molar-refractivity contribution in [2.24, 2.45) is 0 Å². The van der Waals surface area contributed by atoms with E-state index >= 15 is 0 Å². The molecule has 4 aliphatic rings. The maximum Gasteiger partial charge on any atom is 0.231 e. The first-order valence-electron chi connectivity index (χ1n) is 8.01. The normalized spacial score (nSPS) is 33.9. The van der Waals surface area contributed by atoms with Gasteiger partial charge in [-0.3, -0.25) is 4.90 Å². The van der Waals surface area contributed by atoms with E-state index in [0.29, 0.717) is 6.54 Å². The van der Waals surface area contributed by atoms with Gasteiger partial charge in [-0.25, -0.2) is 0 Å². The molecule has 0 aromatic heterocycles. The van der Waals surface area contributed by atoms with Crippen LogP contribution in [-0.2, 0) is 10.3 Å². The molecule has 1 aliphatic carbocycles. The van der Waals surface area contributed by atoms with Crippen LogP contribution in [0.2, 0.25) is 0 Å². The third kappa shape index (κ3) is 1.67. The molecule has 5 heteroatoms. The standard InChI is InChI=1S/C18H19NO4/c1-21-12-3-2-11-4-5-19-9-15(20)13-6-16-17(23-10-22-16)7-14(13)18(11,19)8-12/h2-4,6-7,12,15,20H,5,8-10H2,1H3/t12-,15+,18-/m0/s1. The zero-order valence-corrected chi connectivity index (χ0v) is 13.0. The van der Waals surface area contributed by atoms with Crippen molar-refractivity contribution in [2.75, 3.05) is 27.0 Å². The summed E-state index contributed by atoms with van der Waals surface area (Å²) in [5.41, 5.74) is 3.13. The molecule has 23 heavy (non-hydrogen) atoms. The van der Waals surface area contributed by atoms with Crippen molar-refractivity contribution in [2.45, 2.75) is 24.2 Å². The highest BCUT2D eigenvalue weighted by Gasteiger charge is 2.52. The summed E-state index contributed by atoms with van der Waals surface area (Å²) >= 11 is 0. The molecule has 3 aliphatic heterocycles. The minimum Gasteiger partial charge on any atom is -0.454 e. The lowest BCUT2D eigenvalue weighted by Crippen LogP contribution is -2.52. The monoisotopic (exact) mass is 313 g/mol. The topological polar surface area (TPSA) is 51.2 Å². The van der Waals surface area contributed by atoms with E-state index in [9.17, 15) is 5.11 Å². The molecule has 0 unspecified atom stereocenters. The van der Waals surface area contributed by atoms with E-state index in [-0.39, 0.29) is 18.4 Å². The smallest absolute Gasteiger partial charge is 0.231 e. The van der Waals surface area contributed by atoms with Crippen LogP contribution in [0.4, 0.5) is 0 Å².